The Kier molecular flexibility index (Phi) is 10.4. The number of halogens is 4. The van der Waals surface area contributed by atoms with E-state index in [2.05, 4.69) is 55.1 Å². The van der Waals surface area contributed by atoms with E-state index < -0.39 is 30.3 Å². The molecule has 15 heteroatoms. The van der Waals surface area contributed by atoms with E-state index in [4.69, 9.17) is 0 Å². The Morgan fingerprint density at radius 3 is 2.56 bits per heavy atom. The third kappa shape index (κ3) is 10.2. The van der Waals surface area contributed by atoms with E-state index in [0.29, 0.717) is 44.5 Å². The van der Waals surface area contributed by atoms with Crippen molar-refractivity contribution < 1.29 is 31.9 Å². The molecule has 0 spiro atoms. The highest BCUT2D eigenvalue weighted by Gasteiger charge is 2.31. The summed E-state index contributed by atoms with van der Waals surface area (Å²) in [4.78, 5) is 24.8. The van der Waals surface area contributed by atoms with Crippen molar-refractivity contribution in [1.29, 1.82) is 0 Å². The number of aromatic nitrogens is 6. The maximum atomic E-state index is 14.1. The van der Waals surface area contributed by atoms with Gasteiger partial charge in [-0.2, -0.15) is 0 Å². The largest absolute Gasteiger partial charge is 0.573 e. The van der Waals surface area contributed by atoms with Gasteiger partial charge in [-0.25, -0.2) is 4.39 Å². The quantitative estimate of drug-likeness (QED) is 0.233. The molecule has 2 amide bonds. The van der Waals surface area contributed by atoms with Gasteiger partial charge in [0.25, 0.3) is 5.91 Å². The van der Waals surface area contributed by atoms with Gasteiger partial charge in [0.15, 0.2) is 11.5 Å². The molecule has 11 nitrogen and oxygen atoms in total. The maximum Gasteiger partial charge on any atom is 0.573 e. The number of carbonyl (C=O) groups is 2. The average Bonchev–Trinajstić information content (AvgIpc) is 3.59. The number of nitrogens with zero attached hydrogens (tertiary/aromatic N) is 6. The Morgan fingerprint density at radius 2 is 1.81 bits per heavy atom. The van der Waals surface area contributed by atoms with E-state index in [0.717, 1.165) is 24.1 Å². The molecule has 0 fully saturated rings. The number of rotatable bonds is 12. The Balaban J connectivity index is 1.16. The van der Waals surface area contributed by atoms with Gasteiger partial charge in [0, 0.05) is 25.7 Å². The molecule has 1 atom stereocenters. The zero-order chi connectivity index (χ0) is 30.8. The molecule has 1 aliphatic rings. The first-order valence-electron chi connectivity index (χ1n) is 13.5. The van der Waals surface area contributed by atoms with Crippen molar-refractivity contribution in [2.75, 3.05) is 11.9 Å². The van der Waals surface area contributed by atoms with Crippen molar-refractivity contribution in [2.24, 2.45) is 5.92 Å². The van der Waals surface area contributed by atoms with Crippen LogP contribution in [0.25, 0.3) is 0 Å². The minimum atomic E-state index is -4.95. The number of alkyl halides is 3. The van der Waals surface area contributed by atoms with Gasteiger partial charge in [0.05, 0.1) is 18.8 Å². The molecular formula is C28H30F4N8O3. The molecule has 0 saturated heterocycles. The van der Waals surface area contributed by atoms with E-state index in [1.807, 2.05) is 18.2 Å². The summed E-state index contributed by atoms with van der Waals surface area (Å²) in [5.74, 6) is -2.07. The second kappa shape index (κ2) is 14.4. The number of anilines is 1. The highest BCUT2D eigenvalue weighted by atomic mass is 19.4. The first-order valence-corrected chi connectivity index (χ1v) is 13.5. The van der Waals surface area contributed by atoms with Crippen LogP contribution in [0.5, 0.6) is 5.75 Å². The van der Waals surface area contributed by atoms with Crippen LogP contribution in [0.1, 0.15) is 42.2 Å². The lowest BCUT2D eigenvalue weighted by molar-refractivity contribution is -0.274. The molecule has 0 aliphatic heterocycles. The number of nitrogens with one attached hydrogen (secondary N) is 2. The van der Waals surface area contributed by atoms with Gasteiger partial charge in [0.1, 0.15) is 11.6 Å². The smallest absolute Gasteiger partial charge is 0.406 e. The minimum absolute atomic E-state index is 0.106. The van der Waals surface area contributed by atoms with Crippen LogP contribution in [0.15, 0.2) is 66.5 Å². The molecule has 1 aromatic carbocycles. The zero-order valence-electron chi connectivity index (χ0n) is 23.2. The van der Waals surface area contributed by atoms with Crippen LogP contribution >= 0.6 is 0 Å². The molecule has 2 aromatic heterocycles. The number of hydrogen-bond donors (Lipinski definition) is 2. The summed E-state index contributed by atoms with van der Waals surface area (Å²) in [7, 11) is 0. The molecule has 1 aliphatic carbocycles. The Labute approximate surface area is 244 Å². The topological polar surface area (TPSA) is 129 Å². The van der Waals surface area contributed by atoms with E-state index in [1.165, 1.54) is 10.9 Å². The fourth-order valence-corrected chi connectivity index (χ4v) is 4.07. The lowest BCUT2D eigenvalue weighted by atomic mass is 10.0. The van der Waals surface area contributed by atoms with Crippen molar-refractivity contribution in [3.8, 4) is 5.75 Å². The Morgan fingerprint density at radius 1 is 1.07 bits per heavy atom. The lowest BCUT2D eigenvalue weighted by Crippen LogP contribution is -2.25. The third-order valence-corrected chi connectivity index (χ3v) is 6.28. The third-order valence-electron chi connectivity index (χ3n) is 6.28. The summed E-state index contributed by atoms with van der Waals surface area (Å²) < 4.78 is 57.7. The van der Waals surface area contributed by atoms with Gasteiger partial charge in [-0.1, -0.05) is 53.8 Å². The predicted octanol–water partition coefficient (Wildman–Crippen LogP) is 4.38. The van der Waals surface area contributed by atoms with E-state index >= 15 is 0 Å². The molecule has 2 heterocycles. The number of allylic oxidation sites excluding steroid dienone is 4. The summed E-state index contributed by atoms with van der Waals surface area (Å²) >= 11 is 0. The molecule has 4 rings (SSSR count). The van der Waals surface area contributed by atoms with E-state index in [1.54, 1.807) is 10.9 Å². The number of benzene rings is 1. The van der Waals surface area contributed by atoms with Gasteiger partial charge in [-0.05, 0) is 42.4 Å². The second-order valence-corrected chi connectivity index (χ2v) is 9.89. The normalized spacial score (nSPS) is 17.7. The van der Waals surface area contributed by atoms with Crippen molar-refractivity contribution in [3.63, 3.8) is 0 Å². The second-order valence-electron chi connectivity index (χ2n) is 9.89. The Hall–Kier alpha value is -4.82. The summed E-state index contributed by atoms with van der Waals surface area (Å²) in [6, 6.07) is 2.54. The SMILES string of the molecule is CC1\C=C/C=C\C(CNC(=O)c2cn(CCCCn3cc(NC(=O)Cc4ccc(OC(F)(F)F)cc4F)nn3)nn2)=C\C1. The van der Waals surface area contributed by atoms with Crippen molar-refractivity contribution in [2.45, 2.75) is 52.1 Å². The van der Waals surface area contributed by atoms with Gasteiger partial charge in [0.2, 0.25) is 5.91 Å². The molecular weight excluding hydrogens is 572 g/mol. The van der Waals surface area contributed by atoms with Crippen LogP contribution in [0.4, 0.5) is 23.4 Å². The van der Waals surface area contributed by atoms with Crippen LogP contribution in [0.3, 0.4) is 0 Å². The average molecular weight is 603 g/mol. The Bertz CT molecular complexity index is 1510. The summed E-state index contributed by atoms with van der Waals surface area (Å²) in [6.45, 7) is 3.53. The van der Waals surface area contributed by atoms with Crippen LogP contribution in [0.2, 0.25) is 0 Å². The van der Waals surface area contributed by atoms with Crippen molar-refractivity contribution >= 4 is 17.6 Å². The molecule has 0 saturated carbocycles. The van der Waals surface area contributed by atoms with Crippen LogP contribution in [-0.2, 0) is 24.3 Å². The predicted molar refractivity (Wildman–Crippen MR) is 147 cm³/mol. The number of carbonyl (C=O) groups excluding carboxylic acids is 2. The van der Waals surface area contributed by atoms with Gasteiger partial charge in [-0.3, -0.25) is 19.0 Å². The standard InChI is InChI=1S/C28H30F4N8O3/c1-19-6-2-3-7-20(9-8-19)16-33-27(42)24-17-39(37-35-24)12-4-5-13-40-18-25(36-38-40)34-26(41)14-21-10-11-22(15-23(21)29)43-28(30,31)32/h2-3,6-7,9-11,15,17-19H,4-5,8,12-14,16H2,1H3,(H,33,42)(H,34,41)/b6-2-,7-3-,20-9-. The fraction of sp³-hybridized carbons (Fsp3) is 0.357. The number of amides is 2. The lowest BCUT2D eigenvalue weighted by Gasteiger charge is -2.10. The highest BCUT2D eigenvalue weighted by Crippen LogP contribution is 2.25. The molecule has 2 N–H and O–H groups in total. The first-order chi connectivity index (χ1) is 20.5. The molecule has 1 unspecified atom stereocenters. The molecule has 43 heavy (non-hydrogen) atoms. The van der Waals surface area contributed by atoms with E-state index in [-0.39, 0.29) is 23.0 Å². The summed E-state index contributed by atoms with van der Waals surface area (Å²) in [5, 5.41) is 21.1. The fourth-order valence-electron chi connectivity index (χ4n) is 4.07. The molecule has 228 valence electrons. The van der Waals surface area contributed by atoms with Gasteiger partial charge < -0.3 is 15.4 Å². The van der Waals surface area contributed by atoms with Crippen LogP contribution < -0.4 is 15.4 Å². The van der Waals surface area contributed by atoms with Crippen molar-refractivity contribution in [3.05, 3.63) is 83.6 Å². The van der Waals surface area contributed by atoms with Crippen molar-refractivity contribution in [1.82, 2.24) is 35.3 Å². The first kappa shape index (κ1) is 31.1. The number of hydrogen-bond acceptors (Lipinski definition) is 7. The molecule has 3 aromatic rings. The summed E-state index contributed by atoms with van der Waals surface area (Å²) in [6.07, 6.45) is 10.2. The monoisotopic (exact) mass is 602 g/mol. The molecule has 0 radical (unpaired) electrons. The minimum Gasteiger partial charge on any atom is -0.406 e. The van der Waals surface area contributed by atoms with Gasteiger partial charge in [-0.15, -0.1) is 23.4 Å². The number of unbranched alkanes of at least 4 members (excludes halogenated alkanes) is 1. The van der Waals surface area contributed by atoms with Crippen LogP contribution in [-0.4, -0.2) is 54.7 Å². The highest BCUT2D eigenvalue weighted by molar-refractivity contribution is 5.92. The van der Waals surface area contributed by atoms with Crippen LogP contribution in [0, 0.1) is 11.7 Å². The zero-order valence-corrected chi connectivity index (χ0v) is 23.2. The van der Waals surface area contributed by atoms with E-state index in [9.17, 15) is 27.2 Å². The number of aryl methyl sites for hydroxylation is 2. The van der Waals surface area contributed by atoms with Gasteiger partial charge >= 0.3 is 6.36 Å². The number of ether oxygens (including phenoxy) is 1. The molecule has 0 bridgehead atoms. The summed E-state index contributed by atoms with van der Waals surface area (Å²) in [5.41, 5.74) is 1.14. The maximum absolute atomic E-state index is 14.1.